The van der Waals surface area contributed by atoms with Crippen molar-refractivity contribution in [2.75, 3.05) is 0 Å². The summed E-state index contributed by atoms with van der Waals surface area (Å²) in [5.74, 6) is -0.162. The van der Waals surface area contributed by atoms with Crippen LogP contribution in [0.5, 0.6) is 0 Å². The number of rotatable bonds is 5. The van der Waals surface area contributed by atoms with Gasteiger partial charge in [-0.2, -0.15) is 5.10 Å². The molecule has 2 atom stereocenters. The van der Waals surface area contributed by atoms with Crippen LogP contribution in [0.25, 0.3) is 0 Å². The minimum absolute atomic E-state index is 0.148. The number of carbonyl (C=O) groups excluding carboxylic acids is 2. The molecule has 1 aromatic carbocycles. The molecule has 2 aliphatic rings. The van der Waals surface area contributed by atoms with Crippen LogP contribution in [-0.2, 0) is 4.79 Å². The lowest BCUT2D eigenvalue weighted by Gasteiger charge is -2.13. The summed E-state index contributed by atoms with van der Waals surface area (Å²) in [6, 6.07) is 8.73. The monoisotopic (exact) mass is 365 g/mol. The van der Waals surface area contributed by atoms with E-state index in [1.165, 1.54) is 36.7 Å². The largest absolute Gasteiger partial charge is 0.463 e. The molecule has 0 spiro atoms. The molecule has 1 fully saturated rings. The van der Waals surface area contributed by atoms with Gasteiger partial charge in [0.25, 0.3) is 11.8 Å². The molecule has 27 heavy (non-hydrogen) atoms. The minimum Gasteiger partial charge on any atom is -0.463 e. The van der Waals surface area contributed by atoms with Crippen LogP contribution in [0.4, 0.5) is 4.39 Å². The van der Waals surface area contributed by atoms with E-state index < -0.39 is 5.82 Å². The number of hydrogen-bond donors (Lipinski definition) is 2. The number of hydrogen-bond acceptors (Lipinski definition) is 4. The normalized spacial score (nSPS) is 20.5. The Kier molecular flexibility index (Phi) is 4.42. The van der Waals surface area contributed by atoms with Gasteiger partial charge in [-0.15, -0.1) is 0 Å². The van der Waals surface area contributed by atoms with Crippen LogP contribution >= 0.6 is 0 Å². The van der Waals surface area contributed by atoms with Gasteiger partial charge in [0, 0.05) is 16.8 Å². The first-order valence-corrected chi connectivity index (χ1v) is 8.47. The zero-order valence-corrected chi connectivity index (χ0v) is 14.2. The zero-order chi connectivity index (χ0) is 18.8. The van der Waals surface area contributed by atoms with Crippen LogP contribution in [0, 0.1) is 17.7 Å². The lowest BCUT2D eigenvalue weighted by atomic mass is 10.0. The van der Waals surface area contributed by atoms with Crippen molar-refractivity contribution in [3.8, 4) is 0 Å². The number of carbonyl (C=O) groups is 2. The van der Waals surface area contributed by atoms with E-state index >= 15 is 0 Å². The molecule has 0 saturated heterocycles. The summed E-state index contributed by atoms with van der Waals surface area (Å²) in [6.07, 6.45) is 7.39. The second-order valence-electron chi connectivity index (χ2n) is 6.40. The van der Waals surface area contributed by atoms with E-state index in [9.17, 15) is 14.0 Å². The van der Waals surface area contributed by atoms with E-state index in [4.69, 9.17) is 4.42 Å². The van der Waals surface area contributed by atoms with Crippen molar-refractivity contribution >= 4 is 18.0 Å². The molecular formula is C20H16FN3O3. The van der Waals surface area contributed by atoms with Crippen molar-refractivity contribution in [2.24, 2.45) is 16.9 Å². The molecule has 0 aliphatic heterocycles. The summed E-state index contributed by atoms with van der Waals surface area (Å²) < 4.78 is 18.1. The Morgan fingerprint density at radius 3 is 2.74 bits per heavy atom. The highest BCUT2D eigenvalue weighted by Crippen LogP contribution is 2.48. The lowest BCUT2D eigenvalue weighted by molar-refractivity contribution is -0.117. The van der Waals surface area contributed by atoms with E-state index in [1.54, 1.807) is 18.2 Å². The average molecular weight is 365 g/mol. The molecule has 2 aromatic rings. The Balaban J connectivity index is 1.42. The van der Waals surface area contributed by atoms with E-state index in [2.05, 4.69) is 15.8 Å². The molecule has 2 N–H and O–H groups in total. The third-order valence-electron chi connectivity index (χ3n) is 4.47. The van der Waals surface area contributed by atoms with E-state index in [0.717, 1.165) is 6.42 Å². The van der Waals surface area contributed by atoms with Gasteiger partial charge in [-0.1, -0.05) is 6.08 Å². The maximum Gasteiger partial charge on any atom is 0.267 e. The van der Waals surface area contributed by atoms with Crippen LogP contribution in [0.15, 0.2) is 75.6 Å². The minimum atomic E-state index is -0.404. The number of nitrogens with zero attached hydrogens (tertiary/aromatic N) is 1. The maximum absolute atomic E-state index is 13.0. The second kappa shape index (κ2) is 7.03. The van der Waals surface area contributed by atoms with Gasteiger partial charge in [0.1, 0.15) is 11.6 Å². The molecule has 1 aromatic heterocycles. The highest BCUT2D eigenvalue weighted by Gasteiger charge is 2.43. The number of hydrazone groups is 1. The quantitative estimate of drug-likeness (QED) is 0.631. The van der Waals surface area contributed by atoms with Gasteiger partial charge in [0.05, 0.1) is 12.5 Å². The number of nitrogens with one attached hydrogen (secondary N) is 2. The standard InChI is InChI=1S/C20H16FN3O3/c21-14-5-3-12(4-6-14)19(25)23-15-8-13-9-17(13)18(10-15)20(26)24-22-11-16-2-1-7-27-16/h1-8,10-11,13,17H,9H2,(H,23,25)(H,24,26)/b22-11+. The van der Waals surface area contributed by atoms with Gasteiger partial charge in [0.15, 0.2) is 0 Å². The van der Waals surface area contributed by atoms with Crippen molar-refractivity contribution < 1.29 is 18.4 Å². The molecule has 1 saturated carbocycles. The number of fused-ring (bicyclic) bond motifs is 1. The summed E-state index contributed by atoms with van der Waals surface area (Å²) in [5.41, 5.74) is 3.96. The van der Waals surface area contributed by atoms with E-state index in [1.807, 2.05) is 6.08 Å². The number of halogens is 1. The van der Waals surface area contributed by atoms with Gasteiger partial charge in [-0.25, -0.2) is 9.82 Å². The number of amides is 2. The van der Waals surface area contributed by atoms with E-state index in [-0.39, 0.29) is 23.7 Å². The van der Waals surface area contributed by atoms with Crippen molar-refractivity contribution in [3.63, 3.8) is 0 Å². The van der Waals surface area contributed by atoms with Crippen LogP contribution in [0.2, 0.25) is 0 Å². The molecular weight excluding hydrogens is 349 g/mol. The number of furan rings is 1. The highest BCUT2D eigenvalue weighted by molar-refractivity contribution is 5.98. The fourth-order valence-electron chi connectivity index (χ4n) is 3.01. The molecule has 6 nitrogen and oxygen atoms in total. The Morgan fingerprint density at radius 1 is 1.19 bits per heavy atom. The Hall–Kier alpha value is -3.48. The molecule has 2 unspecified atom stereocenters. The second-order valence-corrected chi connectivity index (χ2v) is 6.40. The first-order valence-electron chi connectivity index (χ1n) is 8.47. The molecule has 1 heterocycles. The van der Waals surface area contributed by atoms with Crippen molar-refractivity contribution in [2.45, 2.75) is 6.42 Å². The van der Waals surface area contributed by atoms with Gasteiger partial charge in [0.2, 0.25) is 0 Å². The topological polar surface area (TPSA) is 83.7 Å². The Labute approximate surface area is 154 Å². The third kappa shape index (κ3) is 3.87. The number of benzene rings is 1. The molecule has 0 bridgehead atoms. The first kappa shape index (κ1) is 17.0. The summed E-state index contributed by atoms with van der Waals surface area (Å²) in [4.78, 5) is 24.7. The molecule has 2 amide bonds. The molecule has 7 heteroatoms. The Bertz CT molecular complexity index is 959. The summed E-state index contributed by atoms with van der Waals surface area (Å²) in [7, 11) is 0. The smallest absolute Gasteiger partial charge is 0.267 e. The van der Waals surface area contributed by atoms with Crippen LogP contribution in [-0.4, -0.2) is 18.0 Å². The van der Waals surface area contributed by atoms with E-state index in [0.29, 0.717) is 22.6 Å². The van der Waals surface area contributed by atoms with Gasteiger partial charge in [-0.05, 0) is 60.7 Å². The van der Waals surface area contributed by atoms with Crippen molar-refractivity contribution in [1.82, 2.24) is 10.7 Å². The molecule has 0 radical (unpaired) electrons. The zero-order valence-electron chi connectivity index (χ0n) is 14.2. The molecule has 2 aliphatic carbocycles. The summed E-state index contributed by atoms with van der Waals surface area (Å²) >= 11 is 0. The Morgan fingerprint density at radius 2 is 2.00 bits per heavy atom. The van der Waals surface area contributed by atoms with Crippen LogP contribution in [0.3, 0.4) is 0 Å². The fourth-order valence-corrected chi connectivity index (χ4v) is 3.01. The van der Waals surface area contributed by atoms with Gasteiger partial charge >= 0.3 is 0 Å². The predicted molar refractivity (Wildman–Crippen MR) is 96.1 cm³/mol. The molecule has 136 valence electrons. The summed E-state index contributed by atoms with van der Waals surface area (Å²) in [5, 5.41) is 6.65. The van der Waals surface area contributed by atoms with Crippen LogP contribution < -0.4 is 10.7 Å². The SMILES string of the molecule is O=C(N/N=C/c1ccco1)C1=CC(NC(=O)c2ccc(F)cc2)=CC2CC12. The van der Waals surface area contributed by atoms with Gasteiger partial charge < -0.3 is 9.73 Å². The third-order valence-corrected chi connectivity index (χ3v) is 4.47. The first-order chi connectivity index (χ1) is 13.1. The summed E-state index contributed by atoms with van der Waals surface area (Å²) in [6.45, 7) is 0. The van der Waals surface area contributed by atoms with Crippen molar-refractivity contribution in [3.05, 3.63) is 83.2 Å². The predicted octanol–water partition coefficient (Wildman–Crippen LogP) is 2.76. The highest BCUT2D eigenvalue weighted by atomic mass is 19.1. The maximum atomic E-state index is 13.0. The van der Waals surface area contributed by atoms with Gasteiger partial charge in [-0.3, -0.25) is 9.59 Å². The van der Waals surface area contributed by atoms with Crippen LogP contribution in [0.1, 0.15) is 22.5 Å². The fraction of sp³-hybridized carbons (Fsp3) is 0.150. The van der Waals surface area contributed by atoms with Crippen molar-refractivity contribution in [1.29, 1.82) is 0 Å². The number of allylic oxidation sites excluding steroid dienone is 2. The average Bonchev–Trinajstić information content (AvgIpc) is 3.25. The lowest BCUT2D eigenvalue weighted by Crippen LogP contribution is -2.26. The molecule has 4 rings (SSSR count).